The predicted molar refractivity (Wildman–Crippen MR) is 103 cm³/mol. The minimum Gasteiger partial charge on any atom is -0.377 e. The van der Waals surface area contributed by atoms with Gasteiger partial charge >= 0.3 is 0 Å². The molecule has 0 aliphatic heterocycles. The molecule has 0 unspecified atom stereocenters. The van der Waals surface area contributed by atoms with E-state index in [1.165, 1.54) is 0 Å². The van der Waals surface area contributed by atoms with E-state index in [0.29, 0.717) is 11.7 Å². The Kier molecular flexibility index (Phi) is 5.73. The summed E-state index contributed by atoms with van der Waals surface area (Å²) in [6.45, 7) is 9.37. The van der Waals surface area contributed by atoms with Crippen LogP contribution in [0.4, 0.5) is 0 Å². The zero-order valence-corrected chi connectivity index (χ0v) is 16.4. The Morgan fingerprint density at radius 3 is 2.73 bits per heavy atom. The molecule has 2 N–H and O–H groups in total. The van der Waals surface area contributed by atoms with Crippen LogP contribution in [0.5, 0.6) is 0 Å². The van der Waals surface area contributed by atoms with Gasteiger partial charge < -0.3 is 10.5 Å². The van der Waals surface area contributed by atoms with Crippen molar-refractivity contribution in [2.75, 3.05) is 6.61 Å². The van der Waals surface area contributed by atoms with Gasteiger partial charge in [0.25, 0.3) is 0 Å². The second-order valence-corrected chi connectivity index (χ2v) is 8.17. The molecule has 0 aromatic carbocycles. The van der Waals surface area contributed by atoms with Crippen molar-refractivity contribution in [1.29, 1.82) is 0 Å². The molecular weight excluding hydrogens is 326 g/mol. The van der Waals surface area contributed by atoms with E-state index in [-0.39, 0.29) is 17.7 Å². The molecule has 26 heavy (non-hydrogen) atoms. The van der Waals surface area contributed by atoms with E-state index in [4.69, 9.17) is 20.6 Å². The SMILES string of the molecule is CCCO[C@@H]1C[C@@H](c2nc(-c3ccccn3)nn2C(C)(C)C)CC[C@H]1N. The van der Waals surface area contributed by atoms with Crippen LogP contribution in [0.1, 0.15) is 65.1 Å². The van der Waals surface area contributed by atoms with Gasteiger partial charge in [-0.2, -0.15) is 0 Å². The summed E-state index contributed by atoms with van der Waals surface area (Å²) in [5, 5.41) is 4.80. The van der Waals surface area contributed by atoms with Crippen molar-refractivity contribution in [3.63, 3.8) is 0 Å². The summed E-state index contributed by atoms with van der Waals surface area (Å²) in [6, 6.07) is 5.94. The van der Waals surface area contributed by atoms with Crippen molar-refractivity contribution in [2.45, 2.75) is 77.0 Å². The fourth-order valence-electron chi connectivity index (χ4n) is 3.53. The highest BCUT2D eigenvalue weighted by Crippen LogP contribution is 2.35. The van der Waals surface area contributed by atoms with Crippen molar-refractivity contribution < 1.29 is 4.74 Å². The van der Waals surface area contributed by atoms with Crippen molar-refractivity contribution in [3.05, 3.63) is 30.2 Å². The van der Waals surface area contributed by atoms with Crippen LogP contribution in [0.2, 0.25) is 0 Å². The third-order valence-corrected chi connectivity index (χ3v) is 4.91. The second kappa shape index (κ2) is 7.84. The van der Waals surface area contributed by atoms with Gasteiger partial charge in [-0.25, -0.2) is 9.67 Å². The van der Waals surface area contributed by atoms with Gasteiger partial charge in [-0.1, -0.05) is 13.0 Å². The molecule has 6 heteroatoms. The van der Waals surface area contributed by atoms with Gasteiger partial charge in [-0.3, -0.25) is 4.98 Å². The Hall–Kier alpha value is -1.79. The first-order chi connectivity index (χ1) is 12.4. The van der Waals surface area contributed by atoms with Gasteiger partial charge in [-0.15, -0.1) is 5.10 Å². The number of nitrogens with zero attached hydrogens (tertiary/aromatic N) is 4. The summed E-state index contributed by atoms with van der Waals surface area (Å²) in [7, 11) is 0. The van der Waals surface area contributed by atoms with E-state index < -0.39 is 0 Å². The Labute approximate surface area is 156 Å². The zero-order valence-electron chi connectivity index (χ0n) is 16.4. The molecule has 0 amide bonds. The number of ether oxygens (including phenoxy) is 1. The van der Waals surface area contributed by atoms with Gasteiger partial charge in [0, 0.05) is 24.8 Å². The highest BCUT2D eigenvalue weighted by atomic mass is 16.5. The lowest BCUT2D eigenvalue weighted by Gasteiger charge is -2.34. The predicted octanol–water partition coefficient (Wildman–Crippen LogP) is 3.49. The molecule has 1 saturated carbocycles. The summed E-state index contributed by atoms with van der Waals surface area (Å²) in [5.41, 5.74) is 6.97. The molecule has 2 heterocycles. The lowest BCUT2D eigenvalue weighted by atomic mass is 9.83. The van der Waals surface area contributed by atoms with Gasteiger partial charge in [-0.05, 0) is 58.6 Å². The Morgan fingerprint density at radius 1 is 1.27 bits per heavy atom. The van der Waals surface area contributed by atoms with E-state index in [1.807, 2.05) is 18.2 Å². The van der Waals surface area contributed by atoms with Crippen LogP contribution in [-0.4, -0.2) is 38.5 Å². The van der Waals surface area contributed by atoms with E-state index in [0.717, 1.165) is 43.8 Å². The van der Waals surface area contributed by atoms with Crippen LogP contribution < -0.4 is 5.73 Å². The molecule has 3 atom stereocenters. The largest absolute Gasteiger partial charge is 0.377 e. The van der Waals surface area contributed by atoms with Gasteiger partial charge in [0.05, 0.1) is 11.6 Å². The molecule has 3 rings (SSSR count). The number of hydrogen-bond donors (Lipinski definition) is 1. The number of aromatic nitrogens is 4. The Bertz CT molecular complexity index is 707. The smallest absolute Gasteiger partial charge is 0.200 e. The molecule has 0 radical (unpaired) electrons. The lowest BCUT2D eigenvalue weighted by Crippen LogP contribution is -2.42. The average molecular weight is 358 g/mol. The molecule has 0 bridgehead atoms. The van der Waals surface area contributed by atoms with Crippen LogP contribution in [0.25, 0.3) is 11.5 Å². The van der Waals surface area contributed by atoms with E-state index in [1.54, 1.807) is 6.20 Å². The normalized spacial score (nSPS) is 24.0. The monoisotopic (exact) mass is 357 g/mol. The summed E-state index contributed by atoms with van der Waals surface area (Å²) < 4.78 is 8.08. The standard InChI is InChI=1S/C20H31N5O/c1-5-12-26-17-13-14(9-10-15(17)21)19-23-18(16-8-6-7-11-22-16)24-25(19)20(2,3)4/h6-8,11,14-15,17H,5,9-10,12-13,21H2,1-4H3/t14-,15+,17+/m0/s1. The maximum atomic E-state index is 6.30. The number of rotatable bonds is 5. The first-order valence-electron chi connectivity index (χ1n) is 9.66. The Balaban J connectivity index is 1.92. The van der Waals surface area contributed by atoms with Crippen LogP contribution in [-0.2, 0) is 10.3 Å². The molecular formula is C20H31N5O. The number of nitrogens with two attached hydrogens (primary N) is 1. The summed E-state index contributed by atoms with van der Waals surface area (Å²) in [6.07, 6.45) is 5.75. The lowest BCUT2D eigenvalue weighted by molar-refractivity contribution is 0.00822. The Morgan fingerprint density at radius 2 is 2.08 bits per heavy atom. The van der Waals surface area contributed by atoms with Crippen molar-refractivity contribution in [1.82, 2.24) is 19.7 Å². The summed E-state index contributed by atoms with van der Waals surface area (Å²) in [4.78, 5) is 9.32. The van der Waals surface area contributed by atoms with Gasteiger partial charge in [0.15, 0.2) is 5.82 Å². The maximum Gasteiger partial charge on any atom is 0.200 e. The summed E-state index contributed by atoms with van der Waals surface area (Å²) >= 11 is 0. The first-order valence-corrected chi connectivity index (χ1v) is 9.66. The average Bonchev–Trinajstić information content (AvgIpc) is 3.08. The molecule has 1 aliphatic carbocycles. The quantitative estimate of drug-likeness (QED) is 0.886. The third kappa shape index (κ3) is 4.13. The van der Waals surface area contributed by atoms with Gasteiger partial charge in [0.1, 0.15) is 11.5 Å². The van der Waals surface area contributed by atoms with Crippen LogP contribution in [0.15, 0.2) is 24.4 Å². The third-order valence-electron chi connectivity index (χ3n) is 4.91. The molecule has 2 aromatic heterocycles. The summed E-state index contributed by atoms with van der Waals surface area (Å²) in [5.74, 6) is 2.02. The van der Waals surface area contributed by atoms with E-state index in [9.17, 15) is 0 Å². The van der Waals surface area contributed by atoms with E-state index in [2.05, 4.69) is 37.4 Å². The number of hydrogen-bond acceptors (Lipinski definition) is 5. The van der Waals surface area contributed by atoms with Crippen LogP contribution >= 0.6 is 0 Å². The molecule has 142 valence electrons. The molecule has 0 saturated heterocycles. The highest BCUT2D eigenvalue weighted by molar-refractivity contribution is 5.48. The molecule has 0 spiro atoms. The molecule has 1 aliphatic rings. The minimum absolute atomic E-state index is 0.0946. The highest BCUT2D eigenvalue weighted by Gasteiger charge is 2.34. The molecule has 1 fully saturated rings. The molecule has 6 nitrogen and oxygen atoms in total. The zero-order chi connectivity index (χ0) is 18.7. The topological polar surface area (TPSA) is 78.9 Å². The number of pyridine rings is 1. The fourth-order valence-corrected chi connectivity index (χ4v) is 3.53. The van der Waals surface area contributed by atoms with Crippen molar-refractivity contribution in [2.24, 2.45) is 5.73 Å². The van der Waals surface area contributed by atoms with E-state index >= 15 is 0 Å². The minimum atomic E-state index is -0.144. The molecule has 2 aromatic rings. The maximum absolute atomic E-state index is 6.30. The second-order valence-electron chi connectivity index (χ2n) is 8.17. The van der Waals surface area contributed by atoms with Crippen molar-refractivity contribution >= 4 is 0 Å². The van der Waals surface area contributed by atoms with Crippen LogP contribution in [0.3, 0.4) is 0 Å². The first kappa shape index (κ1) is 19.0. The van der Waals surface area contributed by atoms with Crippen LogP contribution in [0, 0.1) is 0 Å². The van der Waals surface area contributed by atoms with Gasteiger partial charge in [0.2, 0.25) is 0 Å². The van der Waals surface area contributed by atoms with Crippen molar-refractivity contribution in [3.8, 4) is 11.5 Å². The fraction of sp³-hybridized carbons (Fsp3) is 0.650.